The van der Waals surface area contributed by atoms with Crippen LogP contribution in [0.3, 0.4) is 0 Å². The van der Waals surface area contributed by atoms with Crippen LogP contribution in [0.4, 0.5) is 0 Å². The Morgan fingerprint density at radius 3 is 2.30 bits per heavy atom. The minimum Gasteiger partial charge on any atom is -0.407 e. The molecule has 0 amide bonds. The lowest BCUT2D eigenvalue weighted by Gasteiger charge is -2.39. The van der Waals surface area contributed by atoms with Gasteiger partial charge in [0.1, 0.15) is 6.10 Å². The third-order valence-electron chi connectivity index (χ3n) is 5.65. The fourth-order valence-corrected chi connectivity index (χ4v) is 4.10. The summed E-state index contributed by atoms with van der Waals surface area (Å²) in [7, 11) is -1.94. The number of carbonyl (C=O) groups excluding carboxylic acids is 1. The molecule has 152 valence electrons. The van der Waals surface area contributed by atoms with Crippen molar-refractivity contribution in [2.75, 3.05) is 0 Å². The molecular formula is C24H40O2Si. The van der Waals surface area contributed by atoms with Crippen LogP contribution in [-0.4, -0.2) is 20.2 Å². The number of ketones is 1. The highest BCUT2D eigenvalue weighted by Gasteiger charge is 2.40. The van der Waals surface area contributed by atoms with E-state index in [9.17, 15) is 4.79 Å². The SMILES string of the molecule is CCCCCC(O[Si](C)(C)C(C)(C)C)C(=O)CC/C(C)=C/c1ccccc1. The van der Waals surface area contributed by atoms with Gasteiger partial charge in [0.05, 0.1) is 0 Å². The predicted octanol–water partition coefficient (Wildman–Crippen LogP) is 7.41. The number of allylic oxidation sites excluding steroid dienone is 1. The summed E-state index contributed by atoms with van der Waals surface area (Å²) in [4.78, 5) is 13.0. The Labute approximate surface area is 168 Å². The van der Waals surface area contributed by atoms with Gasteiger partial charge in [0, 0.05) is 6.42 Å². The molecule has 1 rings (SSSR count). The molecule has 0 N–H and O–H groups in total. The van der Waals surface area contributed by atoms with Crippen molar-refractivity contribution in [3.8, 4) is 0 Å². The number of Topliss-reactive ketones (excluding diaryl/α,β-unsaturated/α-hetero) is 1. The molecule has 0 saturated heterocycles. The van der Waals surface area contributed by atoms with Crippen molar-refractivity contribution in [2.24, 2.45) is 0 Å². The van der Waals surface area contributed by atoms with Gasteiger partial charge in [-0.2, -0.15) is 0 Å². The zero-order valence-corrected chi connectivity index (χ0v) is 19.6. The molecule has 0 aromatic heterocycles. The van der Waals surface area contributed by atoms with Crippen molar-refractivity contribution in [1.82, 2.24) is 0 Å². The molecular weight excluding hydrogens is 348 g/mol. The summed E-state index contributed by atoms with van der Waals surface area (Å²) < 4.78 is 6.53. The first-order valence-electron chi connectivity index (χ1n) is 10.5. The average Bonchev–Trinajstić information content (AvgIpc) is 2.58. The minimum absolute atomic E-state index is 0.124. The second-order valence-electron chi connectivity index (χ2n) is 9.23. The summed E-state index contributed by atoms with van der Waals surface area (Å²) in [5, 5.41) is 0.124. The van der Waals surface area contributed by atoms with Gasteiger partial charge in [0.25, 0.3) is 0 Å². The predicted molar refractivity (Wildman–Crippen MR) is 121 cm³/mol. The van der Waals surface area contributed by atoms with Crippen molar-refractivity contribution in [3.05, 3.63) is 41.5 Å². The van der Waals surface area contributed by atoms with Gasteiger partial charge in [-0.1, -0.05) is 88.9 Å². The van der Waals surface area contributed by atoms with Crippen molar-refractivity contribution >= 4 is 20.2 Å². The zero-order valence-electron chi connectivity index (χ0n) is 18.6. The maximum Gasteiger partial charge on any atom is 0.193 e. The second kappa shape index (κ2) is 11.0. The minimum atomic E-state index is -1.94. The first kappa shape index (κ1) is 23.8. The van der Waals surface area contributed by atoms with E-state index in [1.165, 1.54) is 17.6 Å². The molecule has 0 aliphatic carbocycles. The van der Waals surface area contributed by atoms with Gasteiger partial charge in [0.2, 0.25) is 0 Å². The van der Waals surface area contributed by atoms with Gasteiger partial charge in [-0.25, -0.2) is 0 Å². The molecule has 2 nitrogen and oxygen atoms in total. The normalized spacial score (nSPS) is 14.3. The summed E-state index contributed by atoms with van der Waals surface area (Å²) in [6.45, 7) is 15.5. The van der Waals surface area contributed by atoms with E-state index in [4.69, 9.17) is 4.43 Å². The number of hydrogen-bond donors (Lipinski definition) is 0. The molecule has 0 bridgehead atoms. The molecule has 3 heteroatoms. The first-order valence-corrected chi connectivity index (χ1v) is 13.4. The van der Waals surface area contributed by atoms with Crippen LogP contribution >= 0.6 is 0 Å². The molecule has 0 heterocycles. The van der Waals surface area contributed by atoms with Crippen LogP contribution in [-0.2, 0) is 9.22 Å². The number of hydrogen-bond acceptors (Lipinski definition) is 2. The van der Waals surface area contributed by atoms with Gasteiger partial charge >= 0.3 is 0 Å². The third-order valence-corrected chi connectivity index (χ3v) is 10.1. The van der Waals surface area contributed by atoms with Gasteiger partial charge in [-0.15, -0.1) is 0 Å². The molecule has 0 saturated carbocycles. The number of carbonyl (C=O) groups is 1. The smallest absolute Gasteiger partial charge is 0.193 e. The molecule has 1 atom stereocenters. The van der Waals surface area contributed by atoms with E-state index < -0.39 is 8.32 Å². The van der Waals surface area contributed by atoms with Gasteiger partial charge in [-0.3, -0.25) is 4.79 Å². The van der Waals surface area contributed by atoms with E-state index >= 15 is 0 Å². The molecule has 1 unspecified atom stereocenters. The molecule has 1 aromatic carbocycles. The zero-order chi connectivity index (χ0) is 20.5. The second-order valence-corrected chi connectivity index (χ2v) is 14.0. The van der Waals surface area contributed by atoms with E-state index in [0.29, 0.717) is 6.42 Å². The van der Waals surface area contributed by atoms with Crippen molar-refractivity contribution in [2.45, 2.75) is 97.4 Å². The number of benzene rings is 1. The molecule has 1 aromatic rings. The van der Waals surface area contributed by atoms with E-state index in [1.54, 1.807) is 0 Å². The van der Waals surface area contributed by atoms with Crippen molar-refractivity contribution in [3.63, 3.8) is 0 Å². The summed E-state index contributed by atoms with van der Waals surface area (Å²) >= 11 is 0. The lowest BCUT2D eigenvalue weighted by molar-refractivity contribution is -0.126. The van der Waals surface area contributed by atoms with Crippen LogP contribution in [0.1, 0.15) is 78.7 Å². The van der Waals surface area contributed by atoms with Crippen molar-refractivity contribution in [1.29, 1.82) is 0 Å². The molecule has 27 heavy (non-hydrogen) atoms. The molecule has 0 spiro atoms. The lowest BCUT2D eigenvalue weighted by atomic mass is 10.0. The highest BCUT2D eigenvalue weighted by atomic mass is 28.4. The Balaban J connectivity index is 2.73. The maximum atomic E-state index is 13.0. The monoisotopic (exact) mass is 388 g/mol. The van der Waals surface area contributed by atoms with Gasteiger partial charge in [-0.05, 0) is 43.5 Å². The Morgan fingerprint density at radius 1 is 1.11 bits per heavy atom. The van der Waals surface area contributed by atoms with Crippen LogP contribution in [0, 0.1) is 0 Å². The van der Waals surface area contributed by atoms with E-state index in [2.05, 4.69) is 65.9 Å². The van der Waals surface area contributed by atoms with Gasteiger partial charge in [0.15, 0.2) is 14.1 Å². The Bertz CT molecular complexity index is 597. The Morgan fingerprint density at radius 2 is 1.74 bits per heavy atom. The Kier molecular flexibility index (Phi) is 9.68. The summed E-state index contributed by atoms with van der Waals surface area (Å²) in [6.07, 6.45) is 7.58. The summed E-state index contributed by atoms with van der Waals surface area (Å²) in [5.74, 6) is 0.275. The fraction of sp³-hybridized carbons (Fsp3) is 0.625. The fourth-order valence-electron chi connectivity index (χ4n) is 2.79. The maximum absolute atomic E-state index is 13.0. The quantitative estimate of drug-likeness (QED) is 0.291. The highest BCUT2D eigenvalue weighted by molar-refractivity contribution is 6.74. The first-order chi connectivity index (χ1) is 12.6. The number of rotatable bonds is 11. The van der Waals surface area contributed by atoms with E-state index in [1.807, 2.05) is 18.2 Å². The van der Waals surface area contributed by atoms with Crippen LogP contribution in [0.5, 0.6) is 0 Å². The number of unbranched alkanes of at least 4 members (excludes halogenated alkanes) is 2. The van der Waals surface area contributed by atoms with E-state index in [-0.39, 0.29) is 16.9 Å². The highest BCUT2D eigenvalue weighted by Crippen LogP contribution is 2.38. The third kappa shape index (κ3) is 8.57. The van der Waals surface area contributed by atoms with Crippen LogP contribution in [0.15, 0.2) is 35.9 Å². The van der Waals surface area contributed by atoms with Crippen LogP contribution < -0.4 is 0 Å². The van der Waals surface area contributed by atoms with Crippen LogP contribution in [0.25, 0.3) is 6.08 Å². The lowest BCUT2D eigenvalue weighted by Crippen LogP contribution is -2.46. The molecule has 0 aliphatic heterocycles. The molecule has 0 radical (unpaired) electrons. The summed E-state index contributed by atoms with van der Waals surface area (Å²) in [6, 6.07) is 10.3. The topological polar surface area (TPSA) is 26.3 Å². The van der Waals surface area contributed by atoms with Crippen LogP contribution in [0.2, 0.25) is 18.1 Å². The summed E-state index contributed by atoms with van der Waals surface area (Å²) in [5.41, 5.74) is 2.44. The standard InChI is InChI=1S/C24H40O2Si/c1-8-9-11-16-23(26-27(6,7)24(3,4)5)22(25)18-17-20(2)19-21-14-12-10-13-15-21/h10,12-15,19,23H,8-9,11,16-18H2,1-7H3/b20-19+. The molecule has 0 aliphatic rings. The molecule has 0 fully saturated rings. The van der Waals surface area contributed by atoms with Crippen molar-refractivity contribution < 1.29 is 9.22 Å². The Hall–Kier alpha value is -1.19. The largest absolute Gasteiger partial charge is 0.407 e. The van der Waals surface area contributed by atoms with E-state index in [0.717, 1.165) is 25.7 Å². The average molecular weight is 389 g/mol. The van der Waals surface area contributed by atoms with Gasteiger partial charge < -0.3 is 4.43 Å².